The fraction of sp³-hybridized carbons (Fsp3) is 0.950. The van der Waals surface area contributed by atoms with E-state index in [1.807, 2.05) is 14.0 Å². The zero-order valence-electron chi connectivity index (χ0n) is 17.0. The summed E-state index contributed by atoms with van der Waals surface area (Å²) in [6.07, 6.45) is 13.2. The van der Waals surface area contributed by atoms with Crippen molar-refractivity contribution in [3.63, 3.8) is 0 Å². The topological polar surface area (TPSA) is 48.9 Å². The number of guanidine groups is 1. The Bertz CT molecular complexity index is 380. The molecule has 0 aromatic rings. The van der Waals surface area contributed by atoms with Crippen LogP contribution in [0.1, 0.15) is 71.1 Å². The normalized spacial score (nSPS) is 21.1. The first-order chi connectivity index (χ1) is 12.3. The van der Waals surface area contributed by atoms with Crippen LogP contribution in [0, 0.1) is 0 Å². The van der Waals surface area contributed by atoms with Crippen LogP contribution in [0.3, 0.4) is 0 Å². The molecule has 1 heterocycles. The third-order valence-corrected chi connectivity index (χ3v) is 5.83. The Labute approximate surface area is 178 Å². The summed E-state index contributed by atoms with van der Waals surface area (Å²) < 4.78 is 5.39. The van der Waals surface area contributed by atoms with Gasteiger partial charge in [-0.05, 0) is 58.5 Å². The van der Waals surface area contributed by atoms with Gasteiger partial charge in [0.25, 0.3) is 0 Å². The average molecular weight is 480 g/mol. The molecule has 0 bridgehead atoms. The number of nitrogens with one attached hydrogen (secondary N) is 2. The van der Waals surface area contributed by atoms with E-state index in [0.717, 1.165) is 45.1 Å². The Kier molecular flexibility index (Phi) is 12.9. The number of likely N-dealkylation sites (tertiary alicyclic amines) is 1. The molecule has 2 aliphatic rings. The van der Waals surface area contributed by atoms with Crippen molar-refractivity contribution in [3.8, 4) is 0 Å². The summed E-state index contributed by atoms with van der Waals surface area (Å²) in [5.41, 5.74) is 0.352. The summed E-state index contributed by atoms with van der Waals surface area (Å²) in [6.45, 7) is 8.29. The fourth-order valence-corrected chi connectivity index (χ4v) is 4.33. The lowest BCUT2D eigenvalue weighted by Crippen LogP contribution is -2.59. The lowest BCUT2D eigenvalue weighted by atomic mass is 9.79. The molecular weight excluding hydrogens is 439 g/mol. The van der Waals surface area contributed by atoms with Gasteiger partial charge in [0, 0.05) is 38.9 Å². The van der Waals surface area contributed by atoms with E-state index in [2.05, 4.69) is 20.5 Å². The predicted molar refractivity (Wildman–Crippen MR) is 122 cm³/mol. The van der Waals surface area contributed by atoms with Crippen LogP contribution in [-0.2, 0) is 4.74 Å². The maximum Gasteiger partial charge on any atom is 0.191 e. The van der Waals surface area contributed by atoms with Crippen LogP contribution in [0.15, 0.2) is 4.99 Å². The van der Waals surface area contributed by atoms with E-state index in [-0.39, 0.29) is 24.0 Å². The molecule has 26 heavy (non-hydrogen) atoms. The van der Waals surface area contributed by atoms with E-state index in [0.29, 0.717) is 5.54 Å². The molecule has 1 aliphatic heterocycles. The van der Waals surface area contributed by atoms with E-state index in [1.54, 1.807) is 0 Å². The van der Waals surface area contributed by atoms with Crippen molar-refractivity contribution in [2.45, 2.75) is 76.7 Å². The zero-order chi connectivity index (χ0) is 17.8. The molecule has 0 unspecified atom stereocenters. The largest absolute Gasteiger partial charge is 0.382 e. The lowest BCUT2D eigenvalue weighted by molar-refractivity contribution is 0.0368. The third-order valence-electron chi connectivity index (χ3n) is 5.83. The minimum absolute atomic E-state index is 0. The number of rotatable bonds is 9. The molecule has 154 valence electrons. The van der Waals surface area contributed by atoms with E-state index in [9.17, 15) is 0 Å². The highest BCUT2D eigenvalue weighted by molar-refractivity contribution is 14.0. The van der Waals surface area contributed by atoms with E-state index in [1.165, 1.54) is 64.5 Å². The van der Waals surface area contributed by atoms with Crippen molar-refractivity contribution in [3.05, 3.63) is 0 Å². The molecule has 1 saturated carbocycles. The molecule has 0 spiro atoms. The van der Waals surface area contributed by atoms with Gasteiger partial charge in [-0.2, -0.15) is 0 Å². The molecule has 1 saturated heterocycles. The highest BCUT2D eigenvalue weighted by Crippen LogP contribution is 2.35. The van der Waals surface area contributed by atoms with Gasteiger partial charge in [0.2, 0.25) is 0 Å². The summed E-state index contributed by atoms with van der Waals surface area (Å²) in [4.78, 5) is 7.22. The molecule has 0 aromatic carbocycles. The molecule has 2 rings (SSSR count). The molecule has 1 aliphatic carbocycles. The number of piperidine rings is 1. The quantitative estimate of drug-likeness (QED) is 0.228. The van der Waals surface area contributed by atoms with E-state index < -0.39 is 0 Å². The van der Waals surface area contributed by atoms with Crippen molar-refractivity contribution >= 4 is 29.9 Å². The van der Waals surface area contributed by atoms with Gasteiger partial charge in [0.1, 0.15) is 0 Å². The summed E-state index contributed by atoms with van der Waals surface area (Å²) in [5, 5.41) is 7.12. The van der Waals surface area contributed by atoms with Crippen LogP contribution in [0.5, 0.6) is 0 Å². The number of nitrogens with zero attached hydrogens (tertiary/aromatic N) is 2. The number of ether oxygens (including phenoxy) is 1. The van der Waals surface area contributed by atoms with Crippen LogP contribution in [0.2, 0.25) is 0 Å². The van der Waals surface area contributed by atoms with Gasteiger partial charge in [-0.15, -0.1) is 24.0 Å². The molecule has 0 amide bonds. The lowest BCUT2D eigenvalue weighted by Gasteiger charge is -2.48. The molecule has 2 fully saturated rings. The second-order valence-corrected chi connectivity index (χ2v) is 7.59. The zero-order valence-corrected chi connectivity index (χ0v) is 19.4. The third kappa shape index (κ3) is 7.89. The van der Waals surface area contributed by atoms with Crippen molar-refractivity contribution in [1.82, 2.24) is 15.5 Å². The number of hydrogen-bond acceptors (Lipinski definition) is 3. The fourth-order valence-electron chi connectivity index (χ4n) is 4.33. The Hall–Kier alpha value is -0.0800. The van der Waals surface area contributed by atoms with E-state index in [4.69, 9.17) is 4.74 Å². The molecule has 0 radical (unpaired) electrons. The first-order valence-electron chi connectivity index (χ1n) is 10.6. The highest BCUT2D eigenvalue weighted by atomic mass is 127. The monoisotopic (exact) mass is 480 g/mol. The van der Waals surface area contributed by atoms with Gasteiger partial charge >= 0.3 is 0 Å². The van der Waals surface area contributed by atoms with Crippen LogP contribution >= 0.6 is 24.0 Å². The highest BCUT2D eigenvalue weighted by Gasteiger charge is 2.38. The Morgan fingerprint density at radius 3 is 2.35 bits per heavy atom. The summed E-state index contributed by atoms with van der Waals surface area (Å²) >= 11 is 0. The average Bonchev–Trinajstić information content (AvgIpc) is 2.68. The van der Waals surface area contributed by atoms with Crippen LogP contribution in [0.4, 0.5) is 0 Å². The molecule has 5 nitrogen and oxygen atoms in total. The van der Waals surface area contributed by atoms with Crippen molar-refractivity contribution in [2.75, 3.05) is 46.4 Å². The van der Waals surface area contributed by atoms with Gasteiger partial charge < -0.3 is 15.4 Å². The predicted octanol–water partition coefficient (Wildman–Crippen LogP) is 3.77. The molecule has 0 aromatic heterocycles. The first kappa shape index (κ1) is 24.0. The van der Waals surface area contributed by atoms with Crippen LogP contribution in [0.25, 0.3) is 0 Å². The molecular formula is C20H41IN4O. The number of hydrogen-bond donors (Lipinski definition) is 2. The van der Waals surface area contributed by atoms with Gasteiger partial charge in [-0.3, -0.25) is 9.89 Å². The van der Waals surface area contributed by atoms with Crippen molar-refractivity contribution < 1.29 is 4.74 Å². The standard InChI is InChI=1S/C20H40N4O.HI/c1-3-25-17-11-8-14-22-19(21-2)23-18-20(12-6-4-7-13-20)24-15-9-5-10-16-24;/h3-18H2,1-2H3,(H2,21,22,23);1H. The smallest absolute Gasteiger partial charge is 0.191 e. The van der Waals surface area contributed by atoms with Gasteiger partial charge in [0.05, 0.1) is 0 Å². The molecule has 2 N–H and O–H groups in total. The number of aliphatic imine (C=N–C) groups is 1. The second-order valence-electron chi connectivity index (χ2n) is 7.59. The SMILES string of the molecule is CCOCCCCNC(=NC)NCC1(N2CCCCC2)CCCCC1.I. The summed E-state index contributed by atoms with van der Waals surface area (Å²) in [7, 11) is 1.88. The van der Waals surface area contributed by atoms with Crippen LogP contribution < -0.4 is 10.6 Å². The molecule has 6 heteroatoms. The maximum absolute atomic E-state index is 5.39. The van der Waals surface area contributed by atoms with Gasteiger partial charge in [-0.1, -0.05) is 25.7 Å². The van der Waals surface area contributed by atoms with Crippen molar-refractivity contribution in [1.29, 1.82) is 0 Å². The second kappa shape index (κ2) is 14.0. The number of unbranched alkanes of at least 4 members (excludes halogenated alkanes) is 1. The van der Waals surface area contributed by atoms with Gasteiger partial charge in [-0.25, -0.2) is 0 Å². The summed E-state index contributed by atoms with van der Waals surface area (Å²) in [6, 6.07) is 0. The minimum atomic E-state index is 0. The number of halogens is 1. The minimum Gasteiger partial charge on any atom is -0.382 e. The first-order valence-corrected chi connectivity index (χ1v) is 10.6. The Morgan fingerprint density at radius 2 is 1.69 bits per heavy atom. The molecule has 0 atom stereocenters. The maximum atomic E-state index is 5.39. The Morgan fingerprint density at radius 1 is 1.00 bits per heavy atom. The van der Waals surface area contributed by atoms with Crippen LogP contribution in [-0.4, -0.2) is 62.8 Å². The Balaban J connectivity index is 0.00000338. The van der Waals surface area contributed by atoms with E-state index >= 15 is 0 Å². The van der Waals surface area contributed by atoms with Crippen molar-refractivity contribution in [2.24, 2.45) is 4.99 Å². The summed E-state index contributed by atoms with van der Waals surface area (Å²) in [5.74, 6) is 0.957. The van der Waals surface area contributed by atoms with Gasteiger partial charge in [0.15, 0.2) is 5.96 Å².